The van der Waals surface area contributed by atoms with Gasteiger partial charge in [-0.25, -0.2) is 9.78 Å². The van der Waals surface area contributed by atoms with E-state index in [0.29, 0.717) is 23.9 Å². The maximum atomic E-state index is 13.0. The van der Waals surface area contributed by atoms with E-state index in [9.17, 15) is 4.79 Å². The lowest BCUT2D eigenvalue weighted by Crippen LogP contribution is -2.74. The van der Waals surface area contributed by atoms with Crippen molar-refractivity contribution < 1.29 is 9.53 Å². The summed E-state index contributed by atoms with van der Waals surface area (Å²) in [7, 11) is 2.01. The van der Waals surface area contributed by atoms with Crippen molar-refractivity contribution in [3.8, 4) is 5.75 Å². The van der Waals surface area contributed by atoms with Crippen molar-refractivity contribution in [3.05, 3.63) is 35.6 Å². The molecule has 2 amide bonds. The van der Waals surface area contributed by atoms with Crippen LogP contribution in [0.25, 0.3) is 0 Å². The number of hydrogen-bond donors (Lipinski definition) is 0. The number of urea groups is 1. The van der Waals surface area contributed by atoms with Crippen LogP contribution in [0.2, 0.25) is 5.02 Å². The maximum absolute atomic E-state index is 13.0. The van der Waals surface area contributed by atoms with Gasteiger partial charge in [0, 0.05) is 62.1 Å². The minimum atomic E-state index is 0.0536. The minimum absolute atomic E-state index is 0.0536. The van der Waals surface area contributed by atoms with Crippen molar-refractivity contribution >= 4 is 29.3 Å². The number of hydrogen-bond acceptors (Lipinski definition) is 4. The number of fused-ring (bicyclic) bond motifs is 1. The van der Waals surface area contributed by atoms with Gasteiger partial charge in [0.05, 0.1) is 12.2 Å². The molecule has 3 aliphatic heterocycles. The number of benzene rings is 1. The van der Waals surface area contributed by atoms with Crippen LogP contribution < -0.4 is 14.5 Å². The molecule has 4 heterocycles. The Morgan fingerprint density at radius 3 is 2.81 bits per heavy atom. The van der Waals surface area contributed by atoms with Crippen LogP contribution in [0, 0.1) is 5.41 Å². The lowest BCUT2D eigenvalue weighted by Gasteiger charge is -2.60. The van der Waals surface area contributed by atoms with Crippen LogP contribution in [-0.4, -0.2) is 59.8 Å². The number of likely N-dealkylation sites (tertiary alicyclic amines) is 1. The van der Waals surface area contributed by atoms with Gasteiger partial charge in [-0.15, -0.1) is 0 Å². The predicted octanol–water partition coefficient (Wildman–Crippen LogP) is 2.21. The Balaban J connectivity index is 1.24. The zero-order chi connectivity index (χ0) is 17.9. The summed E-state index contributed by atoms with van der Waals surface area (Å²) in [5.41, 5.74) is 1.02. The topological polar surface area (TPSA) is 53.8 Å². The second kappa shape index (κ2) is 5.54. The number of ether oxygens (including phenoxy) is 1. The number of aryl methyl sites for hydroxylation is 1. The van der Waals surface area contributed by atoms with Gasteiger partial charge in [0.2, 0.25) is 5.95 Å². The molecule has 0 unspecified atom stereocenters. The Morgan fingerprint density at radius 2 is 2.08 bits per heavy atom. The zero-order valence-corrected chi connectivity index (χ0v) is 15.3. The van der Waals surface area contributed by atoms with E-state index in [4.69, 9.17) is 16.3 Å². The first kappa shape index (κ1) is 15.8. The standard InChI is InChI=1S/C18H20ClN5O2/c1-21-5-4-20-16(21)22-9-18(10-22)11-23(12-18)17(25)24-6-7-26-15-8-13(19)2-3-14(15)24/h2-5,8H,6-7,9-12H2,1H3. The summed E-state index contributed by atoms with van der Waals surface area (Å²) in [5, 5.41) is 0.616. The van der Waals surface area contributed by atoms with E-state index in [1.54, 1.807) is 17.0 Å². The van der Waals surface area contributed by atoms with E-state index in [-0.39, 0.29) is 11.4 Å². The van der Waals surface area contributed by atoms with Crippen LogP contribution >= 0.6 is 11.6 Å². The first-order chi connectivity index (χ1) is 12.5. The van der Waals surface area contributed by atoms with Gasteiger partial charge < -0.3 is 19.1 Å². The number of nitrogens with zero attached hydrogens (tertiary/aromatic N) is 5. The third-order valence-corrected chi connectivity index (χ3v) is 5.71. The van der Waals surface area contributed by atoms with E-state index >= 15 is 0 Å². The van der Waals surface area contributed by atoms with Crippen molar-refractivity contribution in [2.75, 3.05) is 49.1 Å². The molecule has 1 spiro atoms. The fourth-order valence-electron chi connectivity index (χ4n) is 4.23. The normalized spacial score (nSPS) is 20.3. The van der Waals surface area contributed by atoms with E-state index in [1.165, 1.54) is 0 Å². The smallest absolute Gasteiger partial charge is 0.324 e. The van der Waals surface area contributed by atoms with Gasteiger partial charge in [-0.1, -0.05) is 11.6 Å². The summed E-state index contributed by atoms with van der Waals surface area (Å²) in [6.07, 6.45) is 3.78. The summed E-state index contributed by atoms with van der Waals surface area (Å²) < 4.78 is 7.68. The number of carbonyl (C=O) groups excluding carboxylic acids is 1. The molecule has 7 nitrogen and oxygen atoms in total. The number of aromatic nitrogens is 2. The zero-order valence-electron chi connectivity index (χ0n) is 14.6. The number of rotatable bonds is 1. The molecule has 1 aromatic carbocycles. The van der Waals surface area contributed by atoms with Crippen molar-refractivity contribution in [1.82, 2.24) is 14.5 Å². The second-order valence-electron chi connectivity index (χ2n) is 7.44. The largest absolute Gasteiger partial charge is 0.489 e. The highest BCUT2D eigenvalue weighted by molar-refractivity contribution is 6.30. The van der Waals surface area contributed by atoms with Crippen LogP contribution in [0.5, 0.6) is 5.75 Å². The Labute approximate surface area is 156 Å². The third kappa shape index (κ3) is 2.34. The van der Waals surface area contributed by atoms with Crippen LogP contribution in [0.3, 0.4) is 0 Å². The Bertz CT molecular complexity index is 868. The molecule has 0 atom stereocenters. The summed E-state index contributed by atoms with van der Waals surface area (Å²) >= 11 is 6.03. The maximum Gasteiger partial charge on any atom is 0.324 e. The summed E-state index contributed by atoms with van der Waals surface area (Å²) in [4.78, 5) is 23.4. The van der Waals surface area contributed by atoms with E-state index in [1.807, 2.05) is 35.0 Å². The molecular formula is C18H20ClN5O2. The Kier molecular flexibility index (Phi) is 3.37. The molecular weight excluding hydrogens is 354 g/mol. The highest BCUT2D eigenvalue weighted by atomic mass is 35.5. The van der Waals surface area contributed by atoms with Gasteiger partial charge in [0.1, 0.15) is 12.4 Å². The highest BCUT2D eigenvalue weighted by Crippen LogP contribution is 2.43. The second-order valence-corrected chi connectivity index (χ2v) is 7.88. The van der Waals surface area contributed by atoms with Crippen LogP contribution in [0.4, 0.5) is 16.4 Å². The molecule has 3 aliphatic rings. The molecule has 2 fully saturated rings. The van der Waals surface area contributed by atoms with Gasteiger partial charge in [0.25, 0.3) is 0 Å². The van der Waals surface area contributed by atoms with Gasteiger partial charge in [-0.2, -0.15) is 0 Å². The van der Waals surface area contributed by atoms with Gasteiger partial charge in [-0.05, 0) is 12.1 Å². The van der Waals surface area contributed by atoms with Crippen LogP contribution in [-0.2, 0) is 7.05 Å². The molecule has 5 rings (SSSR count). The molecule has 2 saturated heterocycles. The molecule has 0 aliphatic carbocycles. The molecule has 1 aromatic heterocycles. The molecule has 26 heavy (non-hydrogen) atoms. The van der Waals surface area contributed by atoms with Crippen molar-refractivity contribution in [2.45, 2.75) is 0 Å². The quantitative estimate of drug-likeness (QED) is 0.769. The minimum Gasteiger partial charge on any atom is -0.489 e. The molecule has 0 radical (unpaired) electrons. The van der Waals surface area contributed by atoms with E-state index < -0.39 is 0 Å². The monoisotopic (exact) mass is 373 g/mol. The van der Waals surface area contributed by atoms with E-state index in [0.717, 1.165) is 37.8 Å². The van der Waals surface area contributed by atoms with Gasteiger partial charge in [0.15, 0.2) is 0 Å². The fraction of sp³-hybridized carbons (Fsp3) is 0.444. The predicted molar refractivity (Wildman–Crippen MR) is 99.1 cm³/mol. The Hall–Kier alpha value is -2.41. The summed E-state index contributed by atoms with van der Waals surface area (Å²) in [6, 6.07) is 5.47. The SMILES string of the molecule is Cn1ccnc1N1CC2(CN(C(=O)N3CCOc4cc(Cl)ccc43)C2)C1. The van der Waals surface area contributed by atoms with Crippen LogP contribution in [0.15, 0.2) is 30.6 Å². The molecule has 0 saturated carbocycles. The summed E-state index contributed by atoms with van der Waals surface area (Å²) in [5.74, 6) is 1.68. The molecule has 136 valence electrons. The van der Waals surface area contributed by atoms with Crippen molar-refractivity contribution in [3.63, 3.8) is 0 Å². The number of imidazole rings is 1. The molecule has 8 heteroatoms. The van der Waals surface area contributed by atoms with Gasteiger partial charge in [-0.3, -0.25) is 4.90 Å². The molecule has 0 bridgehead atoms. The number of carbonyl (C=O) groups is 1. The van der Waals surface area contributed by atoms with Crippen LogP contribution in [0.1, 0.15) is 0 Å². The Morgan fingerprint density at radius 1 is 1.27 bits per heavy atom. The first-order valence-corrected chi connectivity index (χ1v) is 9.14. The number of halogens is 1. The van der Waals surface area contributed by atoms with Crippen molar-refractivity contribution in [1.29, 1.82) is 0 Å². The average molecular weight is 374 g/mol. The van der Waals surface area contributed by atoms with Gasteiger partial charge >= 0.3 is 6.03 Å². The highest BCUT2D eigenvalue weighted by Gasteiger charge is 2.54. The van der Waals surface area contributed by atoms with Crippen molar-refractivity contribution in [2.24, 2.45) is 12.5 Å². The number of amides is 2. The first-order valence-electron chi connectivity index (χ1n) is 8.76. The van der Waals surface area contributed by atoms with E-state index in [2.05, 4.69) is 9.88 Å². The fourth-order valence-corrected chi connectivity index (χ4v) is 4.39. The average Bonchev–Trinajstić information content (AvgIpc) is 2.97. The summed E-state index contributed by atoms with van der Waals surface area (Å²) in [6.45, 7) is 4.56. The third-order valence-electron chi connectivity index (χ3n) is 5.47. The molecule has 2 aromatic rings. The molecule has 0 N–H and O–H groups in total. The lowest BCUT2D eigenvalue weighted by atomic mass is 9.73. The number of anilines is 2. The lowest BCUT2D eigenvalue weighted by molar-refractivity contribution is 0.00861.